The first kappa shape index (κ1) is 25.9. The molecule has 0 aliphatic heterocycles. The molecule has 0 saturated carbocycles. The smallest absolute Gasteiger partial charge is 0.344 e. The van der Waals surface area contributed by atoms with Gasteiger partial charge in [-0.1, -0.05) is 54.1 Å². The largest absolute Gasteiger partial charge is 0.755 e. The van der Waals surface area contributed by atoms with Crippen molar-refractivity contribution in [1.82, 2.24) is 0 Å². The van der Waals surface area contributed by atoms with Gasteiger partial charge in [0.2, 0.25) is 0 Å². The van der Waals surface area contributed by atoms with E-state index < -0.39 is 22.8 Å². The molecule has 0 fully saturated rings. The Hall–Kier alpha value is -3.16. The number of hydrogen-bond acceptors (Lipinski definition) is 5. The van der Waals surface area contributed by atoms with Crippen molar-refractivity contribution in [3.63, 3.8) is 0 Å². The lowest BCUT2D eigenvalue weighted by atomic mass is 9.87. The second kappa shape index (κ2) is 10.8. The summed E-state index contributed by atoms with van der Waals surface area (Å²) in [5.41, 5.74) is 5.15. The van der Waals surface area contributed by atoms with Crippen LogP contribution >= 0.6 is 0 Å². The predicted molar refractivity (Wildman–Crippen MR) is 141 cm³/mol. The van der Waals surface area contributed by atoms with Crippen LogP contribution in [0.5, 0.6) is 5.75 Å². The molecule has 0 spiro atoms. The second-order valence-corrected chi connectivity index (χ2v) is 10.9. The molecule has 0 heterocycles. The number of carbonyl (C=O) groups is 1. The van der Waals surface area contributed by atoms with E-state index in [4.69, 9.17) is 9.47 Å². The maximum Gasteiger partial charge on any atom is 0.344 e. The Morgan fingerprint density at radius 2 is 1.67 bits per heavy atom. The monoisotopic (exact) mass is 506 g/mol. The molecule has 0 saturated heterocycles. The number of benzene rings is 3. The van der Waals surface area contributed by atoms with Gasteiger partial charge in [0.1, 0.15) is 11.4 Å². The van der Waals surface area contributed by atoms with Crippen LogP contribution in [0.2, 0.25) is 0 Å². The molecular formula is C29H32NO5S-. The van der Waals surface area contributed by atoms with Crippen LogP contribution in [0.15, 0.2) is 66.7 Å². The summed E-state index contributed by atoms with van der Waals surface area (Å²) in [5.74, 6) is 0.151. The molecule has 1 aliphatic carbocycles. The van der Waals surface area contributed by atoms with Crippen LogP contribution in [0.4, 0.5) is 5.69 Å². The molecule has 6 nitrogen and oxygen atoms in total. The Bertz CT molecular complexity index is 1230. The molecule has 0 aromatic heterocycles. The first-order valence-electron chi connectivity index (χ1n) is 12.1. The minimum atomic E-state index is -2.47. The maximum absolute atomic E-state index is 12.5. The normalized spacial score (nSPS) is 16.1. The van der Waals surface area contributed by atoms with Crippen LogP contribution in [0.3, 0.4) is 0 Å². The molecule has 3 aromatic carbocycles. The summed E-state index contributed by atoms with van der Waals surface area (Å²) in [4.78, 5) is 12.2. The summed E-state index contributed by atoms with van der Waals surface area (Å²) >= 11 is -2.47. The highest BCUT2D eigenvalue weighted by Gasteiger charge is 2.29. The highest BCUT2D eigenvalue weighted by Crippen LogP contribution is 2.41. The Morgan fingerprint density at radius 3 is 2.28 bits per heavy atom. The fourth-order valence-corrected chi connectivity index (χ4v) is 5.31. The van der Waals surface area contributed by atoms with Gasteiger partial charge in [-0.05, 0) is 87.4 Å². The van der Waals surface area contributed by atoms with Crippen LogP contribution in [0.1, 0.15) is 56.3 Å². The van der Waals surface area contributed by atoms with Gasteiger partial charge >= 0.3 is 5.97 Å². The highest BCUT2D eigenvalue weighted by molar-refractivity contribution is 7.80. The molecule has 3 aromatic rings. The fraction of sp³-hybridized carbons (Fsp3) is 0.345. The zero-order valence-electron chi connectivity index (χ0n) is 21.2. The van der Waals surface area contributed by atoms with Gasteiger partial charge in [-0.3, -0.25) is 8.51 Å². The van der Waals surface area contributed by atoms with Gasteiger partial charge in [-0.25, -0.2) is 4.79 Å². The predicted octanol–water partition coefficient (Wildman–Crippen LogP) is 6.06. The van der Waals surface area contributed by atoms with Gasteiger partial charge < -0.3 is 14.0 Å². The molecule has 190 valence electrons. The molecule has 2 unspecified atom stereocenters. The molecule has 36 heavy (non-hydrogen) atoms. The van der Waals surface area contributed by atoms with E-state index in [2.05, 4.69) is 24.3 Å². The van der Waals surface area contributed by atoms with Crippen molar-refractivity contribution in [3.8, 4) is 16.9 Å². The third-order valence-corrected chi connectivity index (χ3v) is 6.94. The third-order valence-electron chi connectivity index (χ3n) is 6.15. The van der Waals surface area contributed by atoms with Gasteiger partial charge in [0.25, 0.3) is 0 Å². The lowest BCUT2D eigenvalue weighted by molar-refractivity contribution is -0.157. The number of carbonyl (C=O) groups excluding carboxylic acids is 1. The number of hydrogen-bond donors (Lipinski definition) is 0. The summed E-state index contributed by atoms with van der Waals surface area (Å²) in [7, 11) is 0. The molecular weight excluding hydrogens is 474 g/mol. The number of nitrogens with zero attached hydrogens (tertiary/aromatic N) is 1. The van der Waals surface area contributed by atoms with Crippen LogP contribution in [0.25, 0.3) is 11.1 Å². The molecule has 0 radical (unpaired) electrons. The summed E-state index contributed by atoms with van der Waals surface area (Å²) < 4.78 is 37.6. The molecule has 2 atom stereocenters. The maximum atomic E-state index is 12.5. The van der Waals surface area contributed by atoms with Crippen LogP contribution in [-0.4, -0.2) is 26.9 Å². The minimum Gasteiger partial charge on any atom is -0.755 e. The van der Waals surface area contributed by atoms with E-state index in [0.29, 0.717) is 17.9 Å². The van der Waals surface area contributed by atoms with Crippen molar-refractivity contribution in [2.45, 2.75) is 58.6 Å². The average molecular weight is 507 g/mol. The summed E-state index contributed by atoms with van der Waals surface area (Å²) in [5, 5.41) is 0. The molecule has 1 aliphatic rings. The number of anilines is 1. The van der Waals surface area contributed by atoms with Crippen molar-refractivity contribution >= 4 is 22.9 Å². The van der Waals surface area contributed by atoms with Crippen molar-refractivity contribution in [1.29, 1.82) is 0 Å². The number of esters is 1. The summed E-state index contributed by atoms with van der Waals surface area (Å²) in [6.45, 7) is 7.28. The van der Waals surface area contributed by atoms with E-state index >= 15 is 0 Å². The first-order valence-corrected chi connectivity index (χ1v) is 13.2. The zero-order chi connectivity index (χ0) is 25.9. The van der Waals surface area contributed by atoms with Gasteiger partial charge in [-0.2, -0.15) is 0 Å². The van der Waals surface area contributed by atoms with Crippen molar-refractivity contribution in [2.75, 3.05) is 10.9 Å². The van der Waals surface area contributed by atoms with Crippen molar-refractivity contribution in [3.05, 3.63) is 83.4 Å². The molecule has 4 rings (SSSR count). The number of aryl methyl sites for hydroxylation is 1. The van der Waals surface area contributed by atoms with Gasteiger partial charge in [-0.15, -0.1) is 0 Å². The topological polar surface area (TPSA) is 78.9 Å². The molecule has 7 heteroatoms. The Labute approximate surface area is 215 Å². The van der Waals surface area contributed by atoms with Crippen LogP contribution in [-0.2, 0) is 27.2 Å². The van der Waals surface area contributed by atoms with Crippen molar-refractivity contribution in [2.24, 2.45) is 0 Å². The number of rotatable bonds is 7. The summed E-state index contributed by atoms with van der Waals surface area (Å²) in [6, 6.07) is 21.1. The van der Waals surface area contributed by atoms with Gasteiger partial charge in [0.05, 0.1) is 6.04 Å². The first-order chi connectivity index (χ1) is 17.1. The lowest BCUT2D eigenvalue weighted by Gasteiger charge is -2.38. The highest BCUT2D eigenvalue weighted by atomic mass is 32.2. The van der Waals surface area contributed by atoms with Crippen molar-refractivity contribution < 1.29 is 23.0 Å². The van der Waals surface area contributed by atoms with E-state index in [1.165, 1.54) is 9.87 Å². The Balaban J connectivity index is 1.58. The lowest BCUT2D eigenvalue weighted by Crippen LogP contribution is -2.33. The zero-order valence-corrected chi connectivity index (χ0v) is 22.0. The third kappa shape index (κ3) is 6.15. The Kier molecular flexibility index (Phi) is 7.81. The second-order valence-electron chi connectivity index (χ2n) is 10.1. The SMILES string of the molecule is Cc1ccc(-c2ccc(N(C3CCCc4c(OCC(=O)OC(C)(C)C)cccc43)S(=O)[O-])cc2)cc1. The minimum absolute atomic E-state index is 0.198. The quantitative estimate of drug-likeness (QED) is 0.287. The van der Waals surface area contributed by atoms with E-state index in [-0.39, 0.29) is 12.6 Å². The van der Waals surface area contributed by atoms with E-state index in [0.717, 1.165) is 35.1 Å². The van der Waals surface area contributed by atoms with E-state index in [9.17, 15) is 13.6 Å². The standard InChI is InChI=1S/C29H33NO5S/c1-20-11-13-21(14-12-20)22-15-17-23(18-16-22)30(36(32)33)26-9-5-8-25-24(26)7-6-10-27(25)34-19-28(31)35-29(2,3)4/h6-7,10-18,26H,5,8-9,19H2,1-4H3,(H,32,33)/p-1. The number of fused-ring (bicyclic) bond motifs is 1. The van der Waals surface area contributed by atoms with Crippen LogP contribution in [0, 0.1) is 6.92 Å². The molecule has 0 amide bonds. The average Bonchev–Trinajstić information content (AvgIpc) is 2.83. The fourth-order valence-electron chi connectivity index (χ4n) is 4.59. The Morgan fingerprint density at radius 1 is 1.03 bits per heavy atom. The summed E-state index contributed by atoms with van der Waals surface area (Å²) in [6.07, 6.45) is 2.25. The molecule has 0 N–H and O–H groups in total. The number of ether oxygens (including phenoxy) is 2. The van der Waals surface area contributed by atoms with Gasteiger partial charge in [0.15, 0.2) is 6.61 Å². The van der Waals surface area contributed by atoms with Gasteiger partial charge in [0, 0.05) is 17.0 Å². The molecule has 0 bridgehead atoms. The van der Waals surface area contributed by atoms with Crippen LogP contribution < -0.4 is 9.04 Å². The van der Waals surface area contributed by atoms with E-state index in [1.807, 2.05) is 70.2 Å². The van der Waals surface area contributed by atoms with E-state index in [1.54, 1.807) is 0 Å².